The molecule has 0 saturated heterocycles. The smallest absolute Gasteiger partial charge is 0.328 e. The van der Waals surface area contributed by atoms with E-state index in [2.05, 4.69) is 0 Å². The third-order valence-corrected chi connectivity index (χ3v) is 3.10. The van der Waals surface area contributed by atoms with Crippen molar-refractivity contribution in [3.8, 4) is 5.75 Å². The minimum atomic E-state index is -0.872. The van der Waals surface area contributed by atoms with E-state index in [1.54, 1.807) is 0 Å². The molecule has 1 N–H and O–H groups in total. The van der Waals surface area contributed by atoms with Gasteiger partial charge in [-0.25, -0.2) is 4.79 Å². The van der Waals surface area contributed by atoms with Crippen LogP contribution in [0.4, 0.5) is 0 Å². The van der Waals surface area contributed by atoms with Gasteiger partial charge in [0.05, 0.1) is 6.61 Å². The molecule has 3 nitrogen and oxygen atoms in total. The molecule has 1 aliphatic rings. The normalized spacial score (nSPS) is 15.6. The summed E-state index contributed by atoms with van der Waals surface area (Å²) < 4.78 is 5.49. The third-order valence-electron chi connectivity index (χ3n) is 3.10. The molecule has 0 spiro atoms. The molecule has 96 valence electrons. The topological polar surface area (TPSA) is 46.5 Å². The molecule has 2 rings (SSSR count). The summed E-state index contributed by atoms with van der Waals surface area (Å²) in [6, 6.07) is 5.88. The van der Waals surface area contributed by atoms with E-state index in [9.17, 15) is 4.79 Å². The number of aliphatic carboxylic acids is 1. The second-order valence-electron chi connectivity index (χ2n) is 4.63. The van der Waals surface area contributed by atoms with E-state index in [-0.39, 0.29) is 0 Å². The van der Waals surface area contributed by atoms with Crippen molar-refractivity contribution >= 4 is 11.5 Å². The molecule has 18 heavy (non-hydrogen) atoms. The van der Waals surface area contributed by atoms with E-state index in [0.717, 1.165) is 35.3 Å². The lowest BCUT2D eigenvalue weighted by atomic mass is 9.99. The van der Waals surface area contributed by atoms with Gasteiger partial charge in [0.1, 0.15) is 5.75 Å². The van der Waals surface area contributed by atoms with Gasteiger partial charge in [-0.1, -0.05) is 6.07 Å². The maximum absolute atomic E-state index is 10.9. The first-order valence-corrected chi connectivity index (χ1v) is 6.30. The average molecular weight is 246 g/mol. The van der Waals surface area contributed by atoms with Gasteiger partial charge in [-0.2, -0.15) is 0 Å². The Balaban J connectivity index is 2.31. The number of carboxylic acids is 1. The van der Waals surface area contributed by atoms with Gasteiger partial charge in [-0.3, -0.25) is 0 Å². The summed E-state index contributed by atoms with van der Waals surface area (Å²) in [4.78, 5) is 10.9. The van der Waals surface area contributed by atoms with E-state index in [1.807, 2.05) is 32.0 Å². The molecule has 0 atom stereocenters. The van der Waals surface area contributed by atoms with Crippen LogP contribution >= 0.6 is 0 Å². The zero-order valence-corrected chi connectivity index (χ0v) is 10.8. The molecule has 0 heterocycles. The van der Waals surface area contributed by atoms with Crippen molar-refractivity contribution in [2.75, 3.05) is 6.61 Å². The van der Waals surface area contributed by atoms with E-state index in [0.29, 0.717) is 12.5 Å². The quantitative estimate of drug-likeness (QED) is 0.811. The molecule has 1 aliphatic carbocycles. The summed E-state index contributed by atoms with van der Waals surface area (Å²) in [5.74, 6) is 0.411. The molecule has 1 fully saturated rings. The monoisotopic (exact) mass is 246 g/mol. The van der Waals surface area contributed by atoms with Gasteiger partial charge < -0.3 is 9.84 Å². The Morgan fingerprint density at radius 3 is 2.72 bits per heavy atom. The van der Waals surface area contributed by atoms with Crippen LogP contribution in [-0.4, -0.2) is 17.7 Å². The second kappa shape index (κ2) is 5.25. The third kappa shape index (κ3) is 2.92. The number of hydrogen-bond donors (Lipinski definition) is 1. The maximum atomic E-state index is 10.9. The fourth-order valence-electron chi connectivity index (χ4n) is 2.11. The van der Waals surface area contributed by atoms with Crippen LogP contribution in [0.15, 0.2) is 24.3 Å². The summed E-state index contributed by atoms with van der Waals surface area (Å²) in [7, 11) is 0. The lowest BCUT2D eigenvalue weighted by Gasteiger charge is -2.11. The zero-order chi connectivity index (χ0) is 13.1. The lowest BCUT2D eigenvalue weighted by molar-refractivity contribution is -0.131. The Labute approximate surface area is 107 Å². The molecule has 0 bridgehead atoms. The molecule has 0 aliphatic heterocycles. The Bertz CT molecular complexity index is 485. The van der Waals surface area contributed by atoms with Crippen LogP contribution in [-0.2, 0) is 4.79 Å². The molecule has 3 heteroatoms. The first-order valence-electron chi connectivity index (χ1n) is 6.30. The first kappa shape index (κ1) is 12.7. The number of carboxylic acid groups (broad SMARTS) is 1. The lowest BCUT2D eigenvalue weighted by Crippen LogP contribution is -1.97. The van der Waals surface area contributed by atoms with E-state index in [4.69, 9.17) is 9.84 Å². The highest BCUT2D eigenvalue weighted by atomic mass is 16.5. The van der Waals surface area contributed by atoms with Gasteiger partial charge in [0.25, 0.3) is 0 Å². The molecule has 0 unspecified atom stereocenters. The van der Waals surface area contributed by atoms with Crippen LogP contribution in [0, 0.1) is 12.8 Å². The standard InChI is InChI=1S/C15H18O3/c1-3-18-14-7-6-12(8-10(14)2)13(9-15(16)17)11-4-5-11/h6-9,11H,3-5H2,1-2H3,(H,16,17)/b13-9+. The van der Waals surface area contributed by atoms with E-state index < -0.39 is 5.97 Å². The van der Waals surface area contributed by atoms with Crippen LogP contribution in [0.3, 0.4) is 0 Å². The van der Waals surface area contributed by atoms with E-state index >= 15 is 0 Å². The van der Waals surface area contributed by atoms with Crippen molar-refractivity contribution in [1.29, 1.82) is 0 Å². The molecule has 0 amide bonds. The van der Waals surface area contributed by atoms with Crippen molar-refractivity contribution < 1.29 is 14.6 Å². The highest BCUT2D eigenvalue weighted by molar-refractivity contribution is 5.91. The van der Waals surface area contributed by atoms with Gasteiger partial charge in [-0.05, 0) is 61.4 Å². The van der Waals surface area contributed by atoms with Gasteiger partial charge in [0.15, 0.2) is 0 Å². The van der Waals surface area contributed by atoms with Crippen LogP contribution in [0.1, 0.15) is 30.9 Å². The van der Waals surface area contributed by atoms with Crippen molar-refractivity contribution in [3.05, 3.63) is 35.4 Å². The van der Waals surface area contributed by atoms with Crippen LogP contribution in [0.2, 0.25) is 0 Å². The number of hydrogen-bond acceptors (Lipinski definition) is 2. The summed E-state index contributed by atoms with van der Waals surface area (Å²) in [6.07, 6.45) is 3.52. The molecule has 1 aromatic carbocycles. The number of allylic oxidation sites excluding steroid dienone is 1. The van der Waals surface area contributed by atoms with E-state index in [1.165, 1.54) is 6.08 Å². The molecule has 1 aromatic rings. The fourth-order valence-corrected chi connectivity index (χ4v) is 2.11. The molecule has 0 radical (unpaired) electrons. The number of benzene rings is 1. The predicted octanol–water partition coefficient (Wildman–Crippen LogP) is 3.27. The van der Waals surface area contributed by atoms with Gasteiger partial charge >= 0.3 is 5.97 Å². The molecule has 1 saturated carbocycles. The number of rotatable bonds is 5. The Kier molecular flexibility index (Phi) is 3.70. The van der Waals surface area contributed by atoms with Gasteiger partial charge in [-0.15, -0.1) is 0 Å². The van der Waals surface area contributed by atoms with Crippen molar-refractivity contribution in [3.63, 3.8) is 0 Å². The largest absolute Gasteiger partial charge is 0.494 e. The zero-order valence-electron chi connectivity index (χ0n) is 10.8. The minimum absolute atomic E-state index is 0.415. The van der Waals surface area contributed by atoms with Crippen LogP contribution in [0.5, 0.6) is 5.75 Å². The molecular weight excluding hydrogens is 228 g/mol. The van der Waals surface area contributed by atoms with Gasteiger partial charge in [0.2, 0.25) is 0 Å². The highest BCUT2D eigenvalue weighted by Gasteiger charge is 2.27. The molecule has 0 aromatic heterocycles. The Morgan fingerprint density at radius 2 is 2.22 bits per heavy atom. The van der Waals surface area contributed by atoms with Crippen molar-refractivity contribution in [1.82, 2.24) is 0 Å². The highest BCUT2D eigenvalue weighted by Crippen LogP contribution is 2.42. The van der Waals surface area contributed by atoms with Crippen molar-refractivity contribution in [2.45, 2.75) is 26.7 Å². The number of carbonyl (C=O) groups is 1. The van der Waals surface area contributed by atoms with Crippen LogP contribution in [0.25, 0.3) is 5.57 Å². The fraction of sp³-hybridized carbons (Fsp3) is 0.400. The maximum Gasteiger partial charge on any atom is 0.328 e. The SMILES string of the molecule is CCOc1ccc(/C(=C/C(=O)O)C2CC2)cc1C. The van der Waals surface area contributed by atoms with Crippen LogP contribution < -0.4 is 4.74 Å². The second-order valence-corrected chi connectivity index (χ2v) is 4.63. The summed E-state index contributed by atoms with van der Waals surface area (Å²) >= 11 is 0. The van der Waals surface area contributed by atoms with Gasteiger partial charge in [0, 0.05) is 6.08 Å². The summed E-state index contributed by atoms with van der Waals surface area (Å²) in [5, 5.41) is 8.93. The predicted molar refractivity (Wildman–Crippen MR) is 70.7 cm³/mol. The average Bonchev–Trinajstić information content (AvgIpc) is 3.13. The van der Waals surface area contributed by atoms with Crippen molar-refractivity contribution in [2.24, 2.45) is 5.92 Å². The summed E-state index contributed by atoms with van der Waals surface area (Å²) in [6.45, 7) is 4.58. The molecular formula is C15H18O3. The Hall–Kier alpha value is -1.77. The first-order chi connectivity index (χ1) is 8.61. The number of ether oxygens (including phenoxy) is 1. The minimum Gasteiger partial charge on any atom is -0.494 e. The Morgan fingerprint density at radius 1 is 1.50 bits per heavy atom. The summed E-state index contributed by atoms with van der Waals surface area (Å²) in [5.41, 5.74) is 2.99. The number of aryl methyl sites for hydroxylation is 1.